The van der Waals surface area contributed by atoms with Gasteiger partial charge in [-0.05, 0) is 6.07 Å². The summed E-state index contributed by atoms with van der Waals surface area (Å²) in [6, 6.07) is 10.1. The van der Waals surface area contributed by atoms with E-state index in [1.807, 2.05) is 40.4 Å². The van der Waals surface area contributed by atoms with Crippen molar-refractivity contribution in [3.05, 3.63) is 48.1 Å². The monoisotopic (exact) mass is 251 g/mol. The molecule has 2 aromatic heterocycles. The Morgan fingerprint density at radius 3 is 3.00 bits per heavy atom. The molecule has 86 valence electrons. The first kappa shape index (κ1) is 10.8. The fourth-order valence-electron chi connectivity index (χ4n) is 1.97. The summed E-state index contributed by atoms with van der Waals surface area (Å²) in [5.74, 6) is 0. The summed E-state index contributed by atoms with van der Waals surface area (Å²) in [4.78, 5) is 4.35. The average molecular weight is 251 g/mol. The van der Waals surface area contributed by atoms with Gasteiger partial charge in [0.25, 0.3) is 0 Å². The molecular formula is C14H9N3S. The average Bonchev–Trinajstić information content (AvgIpc) is 3.04. The molecule has 0 aliphatic rings. The summed E-state index contributed by atoms with van der Waals surface area (Å²) in [5, 5.41) is 12.7. The van der Waals surface area contributed by atoms with Gasteiger partial charge in [-0.3, -0.25) is 0 Å². The van der Waals surface area contributed by atoms with Crippen LogP contribution in [0.15, 0.2) is 48.1 Å². The maximum Gasteiger partial charge on any atom is 0.125 e. The molecule has 3 nitrogen and oxygen atoms in total. The fraction of sp³-hybridized carbons (Fsp3) is 0. The predicted molar refractivity (Wildman–Crippen MR) is 74.0 cm³/mol. The van der Waals surface area contributed by atoms with Crippen LogP contribution in [0.25, 0.3) is 27.7 Å². The van der Waals surface area contributed by atoms with Crippen molar-refractivity contribution in [1.82, 2.24) is 9.55 Å². The SMILES string of the molecule is N#CC=Cn1cc(-c2nccs2)c2ccccc21. The molecule has 0 spiro atoms. The summed E-state index contributed by atoms with van der Waals surface area (Å²) in [6.45, 7) is 0. The molecule has 0 unspecified atom stereocenters. The van der Waals surface area contributed by atoms with Gasteiger partial charge in [0.2, 0.25) is 0 Å². The maximum atomic E-state index is 8.63. The zero-order chi connectivity index (χ0) is 12.4. The molecule has 0 amide bonds. The molecule has 0 aliphatic carbocycles. The van der Waals surface area contributed by atoms with Gasteiger partial charge in [0.1, 0.15) is 5.01 Å². The van der Waals surface area contributed by atoms with Gasteiger partial charge in [-0.25, -0.2) is 4.98 Å². The van der Waals surface area contributed by atoms with E-state index in [1.54, 1.807) is 23.7 Å². The van der Waals surface area contributed by atoms with E-state index in [-0.39, 0.29) is 0 Å². The first-order chi connectivity index (χ1) is 8.90. The second-order valence-corrected chi connectivity index (χ2v) is 4.64. The third-order valence-corrected chi connectivity index (χ3v) is 3.52. The third-order valence-electron chi connectivity index (χ3n) is 2.71. The number of allylic oxidation sites excluding steroid dienone is 1. The Balaban J connectivity index is 2.28. The number of nitrogens with zero attached hydrogens (tertiary/aromatic N) is 3. The van der Waals surface area contributed by atoms with Crippen molar-refractivity contribution in [2.24, 2.45) is 0 Å². The van der Waals surface area contributed by atoms with Crippen molar-refractivity contribution >= 4 is 28.4 Å². The summed E-state index contributed by atoms with van der Waals surface area (Å²) < 4.78 is 1.95. The molecule has 0 saturated carbocycles. The number of nitriles is 1. The van der Waals surface area contributed by atoms with Crippen LogP contribution < -0.4 is 0 Å². The molecule has 1 aromatic carbocycles. The number of para-hydroxylation sites is 1. The normalized spacial score (nSPS) is 11.1. The number of hydrogen-bond acceptors (Lipinski definition) is 3. The van der Waals surface area contributed by atoms with Crippen molar-refractivity contribution in [1.29, 1.82) is 5.26 Å². The minimum atomic E-state index is 0.996. The molecule has 0 fully saturated rings. The summed E-state index contributed by atoms with van der Waals surface area (Å²) in [5.41, 5.74) is 2.18. The van der Waals surface area contributed by atoms with E-state index >= 15 is 0 Å². The van der Waals surface area contributed by atoms with Crippen LogP contribution in [-0.2, 0) is 0 Å². The lowest BCUT2D eigenvalue weighted by Crippen LogP contribution is -1.81. The Labute approximate surface area is 108 Å². The molecule has 0 bridgehead atoms. The van der Waals surface area contributed by atoms with Gasteiger partial charge in [0, 0.05) is 41.0 Å². The number of benzene rings is 1. The van der Waals surface area contributed by atoms with E-state index in [1.165, 1.54) is 6.08 Å². The minimum Gasteiger partial charge on any atom is -0.322 e. The Bertz CT molecular complexity index is 745. The predicted octanol–water partition coefficient (Wildman–Crippen LogP) is 3.76. The number of hydrogen-bond donors (Lipinski definition) is 0. The van der Waals surface area contributed by atoms with Gasteiger partial charge >= 0.3 is 0 Å². The van der Waals surface area contributed by atoms with E-state index in [2.05, 4.69) is 11.1 Å². The zero-order valence-electron chi connectivity index (χ0n) is 9.45. The lowest BCUT2D eigenvalue weighted by atomic mass is 10.2. The summed E-state index contributed by atoms with van der Waals surface area (Å²) >= 11 is 1.61. The van der Waals surface area contributed by atoms with E-state index in [4.69, 9.17) is 5.26 Å². The van der Waals surface area contributed by atoms with Gasteiger partial charge in [0.05, 0.1) is 11.6 Å². The van der Waals surface area contributed by atoms with Crippen molar-refractivity contribution in [2.75, 3.05) is 0 Å². The number of thiazole rings is 1. The van der Waals surface area contributed by atoms with Crippen LogP contribution in [0.3, 0.4) is 0 Å². The lowest BCUT2D eigenvalue weighted by molar-refractivity contribution is 1.23. The number of rotatable bonds is 2. The van der Waals surface area contributed by atoms with Crippen LogP contribution in [0, 0.1) is 11.3 Å². The van der Waals surface area contributed by atoms with Crippen LogP contribution in [-0.4, -0.2) is 9.55 Å². The second kappa shape index (κ2) is 4.47. The Morgan fingerprint density at radius 1 is 1.33 bits per heavy atom. The van der Waals surface area contributed by atoms with Crippen LogP contribution in [0.5, 0.6) is 0 Å². The zero-order valence-corrected chi connectivity index (χ0v) is 10.3. The van der Waals surface area contributed by atoms with Gasteiger partial charge in [-0.2, -0.15) is 5.26 Å². The van der Waals surface area contributed by atoms with Gasteiger partial charge < -0.3 is 4.57 Å². The van der Waals surface area contributed by atoms with Gasteiger partial charge in [0.15, 0.2) is 0 Å². The quantitative estimate of drug-likeness (QED) is 0.651. The standard InChI is InChI=1S/C14H9N3S/c15-6-3-8-17-10-12(14-16-7-9-18-14)11-4-1-2-5-13(11)17/h1-5,7-10H. The molecule has 0 aliphatic heterocycles. The highest BCUT2D eigenvalue weighted by Gasteiger charge is 2.10. The fourth-order valence-corrected chi connectivity index (χ4v) is 2.63. The van der Waals surface area contributed by atoms with Crippen molar-refractivity contribution in [3.63, 3.8) is 0 Å². The van der Waals surface area contributed by atoms with Gasteiger partial charge in [-0.1, -0.05) is 18.2 Å². The molecule has 0 radical (unpaired) electrons. The highest BCUT2D eigenvalue weighted by molar-refractivity contribution is 7.13. The molecule has 3 rings (SSSR count). The first-order valence-electron chi connectivity index (χ1n) is 5.46. The van der Waals surface area contributed by atoms with E-state index in [9.17, 15) is 0 Å². The van der Waals surface area contributed by atoms with E-state index in [0.717, 1.165) is 21.5 Å². The molecule has 0 saturated heterocycles. The highest BCUT2D eigenvalue weighted by Crippen LogP contribution is 2.31. The van der Waals surface area contributed by atoms with Crippen LogP contribution in [0.1, 0.15) is 0 Å². The van der Waals surface area contributed by atoms with Crippen molar-refractivity contribution in [2.45, 2.75) is 0 Å². The van der Waals surface area contributed by atoms with Crippen LogP contribution in [0.2, 0.25) is 0 Å². The topological polar surface area (TPSA) is 41.6 Å². The molecule has 0 N–H and O–H groups in total. The van der Waals surface area contributed by atoms with Crippen molar-refractivity contribution in [3.8, 4) is 16.6 Å². The molecule has 4 heteroatoms. The van der Waals surface area contributed by atoms with Crippen LogP contribution in [0.4, 0.5) is 0 Å². The third kappa shape index (κ3) is 1.71. The Kier molecular flexibility index (Phi) is 2.67. The Hall–Kier alpha value is -2.38. The number of aromatic nitrogens is 2. The molecule has 3 aromatic rings. The largest absolute Gasteiger partial charge is 0.322 e. The Morgan fingerprint density at radius 2 is 2.22 bits per heavy atom. The molecular weight excluding hydrogens is 242 g/mol. The molecule has 18 heavy (non-hydrogen) atoms. The summed E-state index contributed by atoms with van der Waals surface area (Å²) in [6.07, 6.45) is 7.05. The second-order valence-electron chi connectivity index (χ2n) is 3.75. The van der Waals surface area contributed by atoms with Gasteiger partial charge in [-0.15, -0.1) is 11.3 Å². The maximum absolute atomic E-state index is 8.63. The van der Waals surface area contributed by atoms with E-state index < -0.39 is 0 Å². The molecule has 0 atom stereocenters. The number of fused-ring (bicyclic) bond motifs is 1. The molecule has 2 heterocycles. The first-order valence-corrected chi connectivity index (χ1v) is 6.34. The highest BCUT2D eigenvalue weighted by atomic mass is 32.1. The summed E-state index contributed by atoms with van der Waals surface area (Å²) in [7, 11) is 0. The lowest BCUT2D eigenvalue weighted by Gasteiger charge is -1.94. The smallest absolute Gasteiger partial charge is 0.125 e. The van der Waals surface area contributed by atoms with Crippen LogP contribution >= 0.6 is 11.3 Å². The van der Waals surface area contributed by atoms with E-state index in [0.29, 0.717) is 0 Å². The van der Waals surface area contributed by atoms with Crippen molar-refractivity contribution < 1.29 is 0 Å². The minimum absolute atomic E-state index is 0.996.